The average Bonchev–Trinajstić information content (AvgIpc) is 2.63. The zero-order valence-corrected chi connectivity index (χ0v) is 13.6. The number of ether oxygens (including phenoxy) is 1. The van der Waals surface area contributed by atoms with Gasteiger partial charge in [-0.15, -0.1) is 11.3 Å². The molecule has 1 N–H and O–H groups in total. The van der Waals surface area contributed by atoms with Crippen molar-refractivity contribution in [2.75, 3.05) is 13.7 Å². The molecule has 0 saturated carbocycles. The molecule has 17 heavy (non-hydrogen) atoms. The lowest BCUT2D eigenvalue weighted by Gasteiger charge is -2.36. The molecule has 1 rings (SSSR count). The zero-order chi connectivity index (χ0) is 13.1. The van der Waals surface area contributed by atoms with E-state index in [1.54, 1.807) is 11.3 Å². The molecule has 2 atom stereocenters. The summed E-state index contributed by atoms with van der Waals surface area (Å²) in [6.45, 7) is 9.45. The van der Waals surface area contributed by atoms with Crippen LogP contribution in [0.5, 0.6) is 0 Å². The number of halogens is 1. The first-order chi connectivity index (χ1) is 7.91. The number of thiophene rings is 1. The first-order valence-corrected chi connectivity index (χ1v) is 7.60. The van der Waals surface area contributed by atoms with Gasteiger partial charge in [0.05, 0.1) is 12.1 Å². The van der Waals surface area contributed by atoms with Crippen molar-refractivity contribution in [3.05, 3.63) is 20.8 Å². The SMILES string of the molecule is CCOC(C(NC)c1sccc1Br)C(C)(C)C. The molecule has 1 aromatic rings. The number of rotatable bonds is 5. The van der Waals surface area contributed by atoms with Gasteiger partial charge in [0.25, 0.3) is 0 Å². The predicted octanol–water partition coefficient (Wildman–Crippen LogP) is 4.22. The van der Waals surface area contributed by atoms with Crippen molar-refractivity contribution < 1.29 is 4.74 Å². The van der Waals surface area contributed by atoms with Gasteiger partial charge < -0.3 is 10.1 Å². The predicted molar refractivity (Wildman–Crippen MR) is 78.7 cm³/mol. The Morgan fingerprint density at radius 3 is 2.47 bits per heavy atom. The van der Waals surface area contributed by atoms with Crippen LogP contribution in [0.4, 0.5) is 0 Å². The molecule has 0 fully saturated rings. The minimum Gasteiger partial charge on any atom is -0.376 e. The molecule has 0 saturated heterocycles. The molecular formula is C13H22BrNOS. The van der Waals surface area contributed by atoms with E-state index in [0.29, 0.717) is 0 Å². The van der Waals surface area contributed by atoms with E-state index in [0.717, 1.165) is 11.1 Å². The molecule has 1 aromatic heterocycles. The van der Waals surface area contributed by atoms with E-state index in [4.69, 9.17) is 4.74 Å². The third-order valence-electron chi connectivity index (χ3n) is 2.74. The normalized spacial score (nSPS) is 15.9. The Morgan fingerprint density at radius 1 is 1.47 bits per heavy atom. The van der Waals surface area contributed by atoms with Crippen molar-refractivity contribution >= 4 is 27.3 Å². The largest absolute Gasteiger partial charge is 0.376 e. The smallest absolute Gasteiger partial charge is 0.0825 e. The summed E-state index contributed by atoms with van der Waals surface area (Å²) in [5, 5.41) is 5.50. The molecule has 2 nitrogen and oxygen atoms in total. The topological polar surface area (TPSA) is 21.3 Å². The second kappa shape index (κ2) is 6.32. The van der Waals surface area contributed by atoms with Gasteiger partial charge in [-0.3, -0.25) is 0 Å². The Hall–Kier alpha value is 0.100. The number of hydrogen-bond donors (Lipinski definition) is 1. The summed E-state index contributed by atoms with van der Waals surface area (Å²) < 4.78 is 7.12. The summed E-state index contributed by atoms with van der Waals surface area (Å²) in [4.78, 5) is 1.31. The van der Waals surface area contributed by atoms with Crippen molar-refractivity contribution in [1.29, 1.82) is 0 Å². The molecule has 0 radical (unpaired) electrons. The Labute approximate surface area is 117 Å². The molecule has 0 aliphatic heterocycles. The van der Waals surface area contributed by atoms with Gasteiger partial charge in [0, 0.05) is 16.0 Å². The van der Waals surface area contributed by atoms with Gasteiger partial charge in [-0.1, -0.05) is 20.8 Å². The second-order valence-corrected chi connectivity index (χ2v) is 6.94. The van der Waals surface area contributed by atoms with Gasteiger partial charge in [0.1, 0.15) is 0 Å². The highest BCUT2D eigenvalue weighted by Crippen LogP contribution is 2.38. The lowest BCUT2D eigenvalue weighted by molar-refractivity contribution is -0.0344. The van der Waals surface area contributed by atoms with Crippen LogP contribution in [0, 0.1) is 5.41 Å². The van der Waals surface area contributed by atoms with Gasteiger partial charge in [0.2, 0.25) is 0 Å². The molecule has 0 aliphatic rings. The maximum atomic E-state index is 5.96. The Kier molecular flexibility index (Phi) is 5.64. The van der Waals surface area contributed by atoms with Crippen LogP contribution in [0.1, 0.15) is 38.6 Å². The minimum absolute atomic E-state index is 0.104. The number of nitrogens with one attached hydrogen (secondary N) is 1. The quantitative estimate of drug-likeness (QED) is 0.877. The summed E-state index contributed by atoms with van der Waals surface area (Å²) in [6.07, 6.45) is 0.160. The third-order valence-corrected chi connectivity index (χ3v) is 4.69. The number of likely N-dealkylation sites (N-methyl/N-ethyl adjacent to an activating group) is 1. The van der Waals surface area contributed by atoms with Gasteiger partial charge in [-0.05, 0) is 46.8 Å². The molecule has 0 bridgehead atoms. The van der Waals surface area contributed by atoms with Crippen molar-refractivity contribution in [3.63, 3.8) is 0 Å². The fraction of sp³-hybridized carbons (Fsp3) is 0.692. The van der Waals surface area contributed by atoms with Crippen molar-refractivity contribution in [3.8, 4) is 0 Å². The summed E-state index contributed by atoms with van der Waals surface area (Å²) in [7, 11) is 1.99. The van der Waals surface area contributed by atoms with E-state index < -0.39 is 0 Å². The molecule has 0 aliphatic carbocycles. The van der Waals surface area contributed by atoms with Gasteiger partial charge in [-0.2, -0.15) is 0 Å². The highest BCUT2D eigenvalue weighted by Gasteiger charge is 2.34. The van der Waals surface area contributed by atoms with E-state index in [-0.39, 0.29) is 17.6 Å². The van der Waals surface area contributed by atoms with Crippen LogP contribution in [-0.2, 0) is 4.74 Å². The van der Waals surface area contributed by atoms with Crippen LogP contribution in [0.15, 0.2) is 15.9 Å². The van der Waals surface area contributed by atoms with Crippen LogP contribution in [0.3, 0.4) is 0 Å². The zero-order valence-electron chi connectivity index (χ0n) is 11.2. The standard InChI is InChI=1S/C13H22BrNOS/c1-6-16-12(13(2,3)4)10(15-5)11-9(14)7-8-17-11/h7-8,10,12,15H,6H2,1-5H3. The summed E-state index contributed by atoms with van der Waals surface area (Å²) >= 11 is 5.37. The molecular weight excluding hydrogens is 298 g/mol. The van der Waals surface area contributed by atoms with E-state index in [1.165, 1.54) is 4.88 Å². The van der Waals surface area contributed by atoms with E-state index in [2.05, 4.69) is 60.4 Å². The van der Waals surface area contributed by atoms with Crippen molar-refractivity contribution in [2.24, 2.45) is 5.41 Å². The molecule has 1 heterocycles. The van der Waals surface area contributed by atoms with E-state index >= 15 is 0 Å². The van der Waals surface area contributed by atoms with Gasteiger partial charge in [0.15, 0.2) is 0 Å². The molecule has 0 spiro atoms. The molecule has 4 heteroatoms. The molecule has 0 aromatic carbocycles. The second-order valence-electron chi connectivity index (χ2n) is 5.14. The lowest BCUT2D eigenvalue weighted by Crippen LogP contribution is -2.40. The molecule has 0 amide bonds. The maximum absolute atomic E-state index is 5.96. The lowest BCUT2D eigenvalue weighted by atomic mass is 9.84. The fourth-order valence-corrected chi connectivity index (χ4v) is 3.73. The highest BCUT2D eigenvalue weighted by molar-refractivity contribution is 9.10. The molecule has 98 valence electrons. The first kappa shape index (κ1) is 15.2. The summed E-state index contributed by atoms with van der Waals surface area (Å²) in [5.41, 5.74) is 0.104. The Morgan fingerprint density at radius 2 is 2.12 bits per heavy atom. The van der Waals surface area contributed by atoms with Crippen molar-refractivity contribution in [1.82, 2.24) is 5.32 Å². The van der Waals surface area contributed by atoms with Crippen LogP contribution < -0.4 is 5.32 Å². The van der Waals surface area contributed by atoms with Crippen molar-refractivity contribution in [2.45, 2.75) is 39.8 Å². The Balaban J connectivity index is 3.02. The minimum atomic E-state index is 0.104. The number of hydrogen-bond acceptors (Lipinski definition) is 3. The van der Waals surface area contributed by atoms with Crippen LogP contribution in [0.2, 0.25) is 0 Å². The summed E-state index contributed by atoms with van der Waals surface area (Å²) in [5.74, 6) is 0. The first-order valence-electron chi connectivity index (χ1n) is 5.93. The van der Waals surface area contributed by atoms with E-state index in [9.17, 15) is 0 Å². The van der Waals surface area contributed by atoms with Gasteiger partial charge in [-0.25, -0.2) is 0 Å². The third kappa shape index (κ3) is 3.78. The monoisotopic (exact) mass is 319 g/mol. The average molecular weight is 320 g/mol. The fourth-order valence-electron chi connectivity index (χ4n) is 1.97. The van der Waals surface area contributed by atoms with Crippen LogP contribution in [-0.4, -0.2) is 19.8 Å². The highest BCUT2D eigenvalue weighted by atomic mass is 79.9. The molecule has 2 unspecified atom stereocenters. The van der Waals surface area contributed by atoms with Crippen LogP contribution >= 0.6 is 27.3 Å². The maximum Gasteiger partial charge on any atom is 0.0825 e. The van der Waals surface area contributed by atoms with E-state index in [1.807, 2.05) is 7.05 Å². The Bertz CT molecular complexity index is 345. The van der Waals surface area contributed by atoms with Crippen LogP contribution in [0.25, 0.3) is 0 Å². The van der Waals surface area contributed by atoms with Gasteiger partial charge >= 0.3 is 0 Å². The summed E-state index contributed by atoms with van der Waals surface area (Å²) in [6, 6.07) is 2.32.